The van der Waals surface area contributed by atoms with Crippen molar-refractivity contribution in [1.82, 2.24) is 4.98 Å². The van der Waals surface area contributed by atoms with Crippen LogP contribution < -0.4 is 0 Å². The van der Waals surface area contributed by atoms with Crippen LogP contribution in [0, 0.1) is 19.7 Å². The van der Waals surface area contributed by atoms with Crippen LogP contribution in [0.2, 0.25) is 0 Å². The summed E-state index contributed by atoms with van der Waals surface area (Å²) >= 11 is 0. The predicted octanol–water partition coefficient (Wildman–Crippen LogP) is 3.25. The van der Waals surface area contributed by atoms with E-state index in [1.165, 1.54) is 12.1 Å². The van der Waals surface area contributed by atoms with Crippen LogP contribution in [0.1, 0.15) is 21.7 Å². The summed E-state index contributed by atoms with van der Waals surface area (Å²) in [5.41, 5.74) is 4.23. The molecule has 0 spiro atoms. The highest BCUT2D eigenvalue weighted by atomic mass is 19.1. The summed E-state index contributed by atoms with van der Waals surface area (Å²) in [5.74, 6) is -0.277. The lowest BCUT2D eigenvalue weighted by atomic mass is 10.0. The fourth-order valence-electron chi connectivity index (χ4n) is 1.82. The molecule has 2 rings (SSSR count). The number of carbonyl (C=O) groups is 1. The molecule has 0 unspecified atom stereocenters. The highest BCUT2D eigenvalue weighted by Crippen LogP contribution is 2.28. The van der Waals surface area contributed by atoms with Crippen LogP contribution in [0.5, 0.6) is 0 Å². The van der Waals surface area contributed by atoms with Gasteiger partial charge in [0.05, 0.1) is 5.69 Å². The number of aromatic nitrogens is 1. The van der Waals surface area contributed by atoms with Gasteiger partial charge in [-0.2, -0.15) is 0 Å². The quantitative estimate of drug-likeness (QED) is 0.769. The molecule has 2 nitrogen and oxygen atoms in total. The van der Waals surface area contributed by atoms with Gasteiger partial charge in [-0.1, -0.05) is 12.1 Å². The molecule has 0 atom stereocenters. The summed E-state index contributed by atoms with van der Waals surface area (Å²) in [6.07, 6.45) is 0.790. The lowest BCUT2D eigenvalue weighted by molar-refractivity contribution is 0.112. The van der Waals surface area contributed by atoms with E-state index < -0.39 is 0 Å². The largest absolute Gasteiger partial charge is 0.356 e. The molecule has 16 heavy (non-hydrogen) atoms. The molecule has 0 aliphatic heterocycles. The number of H-pyrrole nitrogens is 1. The number of nitrogens with one attached hydrogen (secondary N) is 1. The van der Waals surface area contributed by atoms with E-state index in [4.69, 9.17) is 0 Å². The average Bonchev–Trinajstić information content (AvgIpc) is 2.57. The number of hydrogen-bond donors (Lipinski definition) is 1. The van der Waals surface area contributed by atoms with Crippen molar-refractivity contribution in [3.8, 4) is 11.1 Å². The SMILES string of the molecule is Cc1[nH]c(C=O)c(-c2ccc(F)cc2)c1C. The van der Waals surface area contributed by atoms with Gasteiger partial charge in [-0.25, -0.2) is 4.39 Å². The van der Waals surface area contributed by atoms with E-state index in [9.17, 15) is 9.18 Å². The average molecular weight is 217 g/mol. The van der Waals surface area contributed by atoms with Crippen molar-refractivity contribution in [2.24, 2.45) is 0 Å². The molecule has 0 amide bonds. The Morgan fingerprint density at radius 1 is 1.19 bits per heavy atom. The number of carbonyl (C=O) groups excluding carboxylic acids is 1. The van der Waals surface area contributed by atoms with Gasteiger partial charge >= 0.3 is 0 Å². The fraction of sp³-hybridized carbons (Fsp3) is 0.154. The number of benzene rings is 1. The van der Waals surface area contributed by atoms with Crippen LogP contribution in [0.4, 0.5) is 4.39 Å². The third-order valence-corrected chi connectivity index (χ3v) is 2.78. The third kappa shape index (κ3) is 1.65. The van der Waals surface area contributed by atoms with Crippen LogP contribution in [-0.4, -0.2) is 11.3 Å². The maximum absolute atomic E-state index is 12.8. The molecule has 0 saturated carbocycles. The van der Waals surface area contributed by atoms with Gasteiger partial charge in [-0.3, -0.25) is 4.79 Å². The summed E-state index contributed by atoms with van der Waals surface area (Å²) in [7, 11) is 0. The van der Waals surface area contributed by atoms with Crippen LogP contribution in [0.15, 0.2) is 24.3 Å². The van der Waals surface area contributed by atoms with Gasteiger partial charge < -0.3 is 4.98 Å². The van der Waals surface area contributed by atoms with E-state index in [1.807, 2.05) is 13.8 Å². The predicted molar refractivity (Wildman–Crippen MR) is 61.0 cm³/mol. The van der Waals surface area contributed by atoms with E-state index in [0.29, 0.717) is 5.69 Å². The van der Waals surface area contributed by atoms with E-state index >= 15 is 0 Å². The molecular formula is C13H12FNO. The van der Waals surface area contributed by atoms with E-state index in [2.05, 4.69) is 4.98 Å². The lowest BCUT2D eigenvalue weighted by Gasteiger charge is -2.02. The second-order valence-corrected chi connectivity index (χ2v) is 3.79. The van der Waals surface area contributed by atoms with Crippen molar-refractivity contribution in [3.05, 3.63) is 47.0 Å². The first-order valence-electron chi connectivity index (χ1n) is 5.03. The van der Waals surface area contributed by atoms with E-state index in [0.717, 1.165) is 28.7 Å². The first-order valence-corrected chi connectivity index (χ1v) is 5.03. The minimum atomic E-state index is -0.277. The van der Waals surface area contributed by atoms with Crippen molar-refractivity contribution < 1.29 is 9.18 Å². The number of hydrogen-bond acceptors (Lipinski definition) is 1. The van der Waals surface area contributed by atoms with Crippen molar-refractivity contribution in [2.75, 3.05) is 0 Å². The molecular weight excluding hydrogens is 205 g/mol. The Morgan fingerprint density at radius 3 is 2.38 bits per heavy atom. The van der Waals surface area contributed by atoms with Gasteiger partial charge in [-0.05, 0) is 37.1 Å². The van der Waals surface area contributed by atoms with Crippen LogP contribution in [0.3, 0.4) is 0 Å². The summed E-state index contributed by atoms with van der Waals surface area (Å²) in [4.78, 5) is 13.9. The molecule has 2 aromatic rings. The number of aryl methyl sites for hydroxylation is 1. The number of halogens is 1. The zero-order valence-corrected chi connectivity index (χ0v) is 9.17. The van der Waals surface area contributed by atoms with Crippen LogP contribution in [-0.2, 0) is 0 Å². The van der Waals surface area contributed by atoms with Gasteiger partial charge in [0.2, 0.25) is 0 Å². The maximum Gasteiger partial charge on any atom is 0.166 e. The summed E-state index contributed by atoms with van der Waals surface area (Å²) in [5, 5.41) is 0. The Labute approximate surface area is 93.1 Å². The highest BCUT2D eigenvalue weighted by molar-refractivity contribution is 5.88. The standard InChI is InChI=1S/C13H12FNO/c1-8-9(2)15-12(7-16)13(8)10-3-5-11(14)6-4-10/h3-7,15H,1-2H3. The number of rotatable bonds is 2. The Bertz CT molecular complexity index is 526. The van der Waals surface area contributed by atoms with Crippen molar-refractivity contribution in [2.45, 2.75) is 13.8 Å². The second kappa shape index (κ2) is 3.93. The Kier molecular flexibility index (Phi) is 2.60. The van der Waals surface area contributed by atoms with E-state index in [-0.39, 0.29) is 5.82 Å². The molecule has 1 aromatic carbocycles. The first-order chi connectivity index (χ1) is 7.63. The Balaban J connectivity index is 2.62. The molecule has 1 heterocycles. The summed E-state index contributed by atoms with van der Waals surface area (Å²) in [6, 6.07) is 6.15. The minimum absolute atomic E-state index is 0.277. The topological polar surface area (TPSA) is 32.9 Å². The molecule has 82 valence electrons. The Morgan fingerprint density at radius 2 is 1.81 bits per heavy atom. The molecule has 1 N–H and O–H groups in total. The van der Waals surface area contributed by atoms with Crippen LogP contribution >= 0.6 is 0 Å². The Hall–Kier alpha value is -1.90. The second-order valence-electron chi connectivity index (χ2n) is 3.79. The van der Waals surface area contributed by atoms with Gasteiger partial charge in [-0.15, -0.1) is 0 Å². The maximum atomic E-state index is 12.8. The zero-order valence-electron chi connectivity index (χ0n) is 9.17. The summed E-state index contributed by atoms with van der Waals surface area (Å²) < 4.78 is 12.8. The molecule has 0 saturated heterocycles. The van der Waals surface area contributed by atoms with Crippen molar-refractivity contribution in [3.63, 3.8) is 0 Å². The van der Waals surface area contributed by atoms with Gasteiger partial charge in [0.15, 0.2) is 6.29 Å². The molecule has 0 radical (unpaired) electrons. The molecule has 1 aromatic heterocycles. The molecule has 0 bridgehead atoms. The van der Waals surface area contributed by atoms with Gasteiger partial charge in [0.1, 0.15) is 5.82 Å². The smallest absolute Gasteiger partial charge is 0.166 e. The number of aldehydes is 1. The highest BCUT2D eigenvalue weighted by Gasteiger charge is 2.12. The third-order valence-electron chi connectivity index (χ3n) is 2.78. The van der Waals surface area contributed by atoms with Gasteiger partial charge in [0.25, 0.3) is 0 Å². The first kappa shape index (κ1) is 10.6. The van der Waals surface area contributed by atoms with Crippen molar-refractivity contribution in [1.29, 1.82) is 0 Å². The normalized spacial score (nSPS) is 10.4. The van der Waals surface area contributed by atoms with Crippen molar-refractivity contribution >= 4 is 6.29 Å². The summed E-state index contributed by atoms with van der Waals surface area (Å²) in [6.45, 7) is 3.85. The van der Waals surface area contributed by atoms with E-state index in [1.54, 1.807) is 12.1 Å². The lowest BCUT2D eigenvalue weighted by Crippen LogP contribution is -1.86. The van der Waals surface area contributed by atoms with Gasteiger partial charge in [0, 0.05) is 11.3 Å². The molecule has 0 fully saturated rings. The molecule has 0 aliphatic rings. The minimum Gasteiger partial charge on any atom is -0.356 e. The molecule has 3 heteroatoms. The molecule has 0 aliphatic carbocycles. The number of aromatic amines is 1. The fourth-order valence-corrected chi connectivity index (χ4v) is 1.82. The van der Waals surface area contributed by atoms with Crippen LogP contribution in [0.25, 0.3) is 11.1 Å². The monoisotopic (exact) mass is 217 g/mol. The zero-order chi connectivity index (χ0) is 11.7.